The Bertz CT molecular complexity index is 372. The molecule has 0 amide bonds. The number of hydrogen-bond acceptors (Lipinski definition) is 2. The maximum Gasteiger partial charge on any atom is 0.274 e. The van der Waals surface area contributed by atoms with Crippen molar-refractivity contribution in [2.75, 3.05) is 14.2 Å². The van der Waals surface area contributed by atoms with E-state index in [4.69, 9.17) is 4.74 Å². The maximum atomic E-state index is 13.4. The van der Waals surface area contributed by atoms with Crippen LogP contribution in [0, 0.1) is 6.92 Å². The summed E-state index contributed by atoms with van der Waals surface area (Å²) in [5.41, 5.74) is 1.66. The molecule has 1 N–H and O–H groups in total. The number of hydrogen-bond donors (Lipinski definition) is 1. The molecule has 0 saturated carbocycles. The van der Waals surface area contributed by atoms with Crippen LogP contribution in [-0.4, -0.2) is 14.2 Å². The van der Waals surface area contributed by atoms with Gasteiger partial charge in [-0.1, -0.05) is 6.07 Å². The Labute approximate surface area is 94.6 Å². The molecule has 0 bridgehead atoms. The highest BCUT2D eigenvalue weighted by molar-refractivity contribution is 5.47. The van der Waals surface area contributed by atoms with Gasteiger partial charge in [-0.15, -0.1) is 0 Å². The van der Waals surface area contributed by atoms with Crippen LogP contribution < -0.4 is 10.1 Å². The molecule has 1 aromatic carbocycles. The fourth-order valence-corrected chi connectivity index (χ4v) is 1.70. The zero-order valence-electron chi connectivity index (χ0n) is 10.0. The lowest BCUT2D eigenvalue weighted by Gasteiger charge is -2.19. The van der Waals surface area contributed by atoms with Gasteiger partial charge in [-0.05, 0) is 25.6 Å². The van der Waals surface area contributed by atoms with Crippen LogP contribution in [-0.2, 0) is 12.5 Å². The molecule has 2 nitrogen and oxygen atoms in total. The molecular formula is C12H17F2NO. The van der Waals surface area contributed by atoms with Crippen LogP contribution in [0.25, 0.3) is 0 Å². The van der Waals surface area contributed by atoms with Gasteiger partial charge in [0.2, 0.25) is 0 Å². The van der Waals surface area contributed by atoms with E-state index in [2.05, 4.69) is 5.32 Å². The van der Waals surface area contributed by atoms with Crippen molar-refractivity contribution in [1.82, 2.24) is 5.32 Å². The summed E-state index contributed by atoms with van der Waals surface area (Å²) in [4.78, 5) is 0. The second-order valence-electron chi connectivity index (χ2n) is 3.86. The highest BCUT2D eigenvalue weighted by atomic mass is 19.3. The van der Waals surface area contributed by atoms with Crippen molar-refractivity contribution >= 4 is 0 Å². The monoisotopic (exact) mass is 229 g/mol. The van der Waals surface area contributed by atoms with Crippen molar-refractivity contribution in [3.63, 3.8) is 0 Å². The third-order valence-corrected chi connectivity index (χ3v) is 2.53. The van der Waals surface area contributed by atoms with Crippen molar-refractivity contribution < 1.29 is 13.5 Å². The Hall–Kier alpha value is -1.16. The van der Waals surface area contributed by atoms with E-state index in [1.165, 1.54) is 13.2 Å². The molecule has 16 heavy (non-hydrogen) atoms. The zero-order chi connectivity index (χ0) is 12.3. The first-order valence-electron chi connectivity index (χ1n) is 5.11. The summed E-state index contributed by atoms with van der Waals surface area (Å²) in [6.45, 7) is 3.27. The van der Waals surface area contributed by atoms with Gasteiger partial charge in [0.05, 0.1) is 12.7 Å². The fraction of sp³-hybridized carbons (Fsp3) is 0.500. The van der Waals surface area contributed by atoms with Crippen LogP contribution in [0.2, 0.25) is 0 Å². The van der Waals surface area contributed by atoms with Gasteiger partial charge in [0.25, 0.3) is 5.92 Å². The zero-order valence-corrected chi connectivity index (χ0v) is 10.0. The topological polar surface area (TPSA) is 21.3 Å². The Kier molecular flexibility index (Phi) is 3.86. The smallest absolute Gasteiger partial charge is 0.274 e. The van der Waals surface area contributed by atoms with Gasteiger partial charge in [0.1, 0.15) is 5.75 Å². The van der Waals surface area contributed by atoms with E-state index >= 15 is 0 Å². The number of methoxy groups -OCH3 is 1. The van der Waals surface area contributed by atoms with E-state index in [1.807, 2.05) is 6.92 Å². The highest BCUT2D eigenvalue weighted by Gasteiger charge is 2.30. The molecule has 0 atom stereocenters. The molecule has 0 aliphatic rings. The van der Waals surface area contributed by atoms with E-state index in [0.29, 0.717) is 6.54 Å². The molecule has 0 radical (unpaired) electrons. The largest absolute Gasteiger partial charge is 0.496 e. The Morgan fingerprint density at radius 3 is 2.44 bits per heavy atom. The summed E-state index contributed by atoms with van der Waals surface area (Å²) in [7, 11) is 3.19. The summed E-state index contributed by atoms with van der Waals surface area (Å²) in [6, 6.07) is 3.12. The maximum absolute atomic E-state index is 13.4. The molecule has 0 fully saturated rings. The third-order valence-electron chi connectivity index (χ3n) is 2.53. The quantitative estimate of drug-likeness (QED) is 0.857. The summed E-state index contributed by atoms with van der Waals surface area (Å²) in [6.07, 6.45) is 0. The minimum Gasteiger partial charge on any atom is -0.496 e. The van der Waals surface area contributed by atoms with Gasteiger partial charge >= 0.3 is 0 Å². The second-order valence-corrected chi connectivity index (χ2v) is 3.86. The van der Waals surface area contributed by atoms with Crippen molar-refractivity contribution in [2.24, 2.45) is 0 Å². The molecule has 0 aliphatic heterocycles. The van der Waals surface area contributed by atoms with Crippen molar-refractivity contribution in [3.8, 4) is 5.75 Å². The summed E-state index contributed by atoms with van der Waals surface area (Å²) in [5, 5.41) is 2.95. The summed E-state index contributed by atoms with van der Waals surface area (Å²) < 4.78 is 31.8. The Balaban J connectivity index is 3.37. The van der Waals surface area contributed by atoms with E-state index < -0.39 is 5.92 Å². The van der Waals surface area contributed by atoms with Gasteiger partial charge < -0.3 is 10.1 Å². The number of alkyl halides is 2. The Morgan fingerprint density at radius 2 is 2.00 bits per heavy atom. The molecular weight excluding hydrogens is 212 g/mol. The lowest BCUT2D eigenvalue weighted by molar-refractivity contribution is 0.0149. The summed E-state index contributed by atoms with van der Waals surface area (Å²) in [5.74, 6) is -2.61. The van der Waals surface area contributed by atoms with E-state index in [-0.39, 0.29) is 11.3 Å². The predicted molar refractivity (Wildman–Crippen MR) is 60.1 cm³/mol. The first kappa shape index (κ1) is 12.9. The van der Waals surface area contributed by atoms with Crippen molar-refractivity contribution in [1.29, 1.82) is 0 Å². The van der Waals surface area contributed by atoms with Gasteiger partial charge in [-0.3, -0.25) is 0 Å². The van der Waals surface area contributed by atoms with Crippen LogP contribution in [0.15, 0.2) is 12.1 Å². The highest BCUT2D eigenvalue weighted by Crippen LogP contribution is 2.37. The van der Waals surface area contributed by atoms with E-state index in [0.717, 1.165) is 18.1 Å². The predicted octanol–water partition coefficient (Wildman–Crippen LogP) is 2.83. The first-order chi connectivity index (χ1) is 7.41. The molecule has 0 spiro atoms. The molecule has 90 valence electrons. The van der Waals surface area contributed by atoms with Crippen molar-refractivity contribution in [2.45, 2.75) is 26.3 Å². The number of rotatable bonds is 4. The molecule has 1 rings (SSSR count). The van der Waals surface area contributed by atoms with Crippen LogP contribution in [0.3, 0.4) is 0 Å². The molecule has 0 unspecified atom stereocenters. The third kappa shape index (κ3) is 2.50. The fourth-order valence-electron chi connectivity index (χ4n) is 1.70. The van der Waals surface area contributed by atoms with Gasteiger partial charge in [-0.2, -0.15) is 0 Å². The number of benzene rings is 1. The standard InChI is InChI=1S/C12H17F2NO/c1-8-5-6-10(12(2,13)14)11(16-4)9(8)7-15-3/h5-6,15H,7H2,1-4H3. The SMILES string of the molecule is CNCc1c(C)ccc(C(C)(F)F)c1OC. The molecule has 0 aromatic heterocycles. The van der Waals surface area contributed by atoms with Gasteiger partial charge in [-0.25, -0.2) is 8.78 Å². The number of halogens is 2. The molecule has 4 heteroatoms. The average Bonchev–Trinajstić information content (AvgIpc) is 2.19. The van der Waals surface area contributed by atoms with Crippen LogP contribution in [0.1, 0.15) is 23.6 Å². The molecule has 0 heterocycles. The minimum absolute atomic E-state index is 0.0640. The lowest BCUT2D eigenvalue weighted by Crippen LogP contribution is -2.14. The second kappa shape index (κ2) is 4.78. The first-order valence-corrected chi connectivity index (χ1v) is 5.11. The van der Waals surface area contributed by atoms with Crippen LogP contribution in [0.5, 0.6) is 5.75 Å². The molecule has 1 aromatic rings. The van der Waals surface area contributed by atoms with Crippen molar-refractivity contribution in [3.05, 3.63) is 28.8 Å². The molecule has 0 saturated heterocycles. The Morgan fingerprint density at radius 1 is 1.38 bits per heavy atom. The number of nitrogens with one attached hydrogen (secondary N) is 1. The van der Waals surface area contributed by atoms with Gasteiger partial charge in [0.15, 0.2) is 0 Å². The van der Waals surface area contributed by atoms with Crippen LogP contribution >= 0.6 is 0 Å². The minimum atomic E-state index is -2.89. The van der Waals surface area contributed by atoms with Crippen LogP contribution in [0.4, 0.5) is 8.78 Å². The number of aryl methyl sites for hydroxylation is 1. The van der Waals surface area contributed by atoms with E-state index in [1.54, 1.807) is 13.1 Å². The average molecular weight is 229 g/mol. The van der Waals surface area contributed by atoms with Gasteiger partial charge in [0, 0.05) is 19.0 Å². The lowest BCUT2D eigenvalue weighted by atomic mass is 9.99. The molecule has 0 aliphatic carbocycles. The summed E-state index contributed by atoms with van der Waals surface area (Å²) >= 11 is 0. The number of ether oxygens (including phenoxy) is 1. The normalized spacial score (nSPS) is 11.6. The van der Waals surface area contributed by atoms with E-state index in [9.17, 15) is 8.78 Å².